The van der Waals surface area contributed by atoms with Gasteiger partial charge in [0.25, 0.3) is 0 Å². The predicted octanol–water partition coefficient (Wildman–Crippen LogP) is 2.59. The summed E-state index contributed by atoms with van der Waals surface area (Å²) in [6.45, 7) is 0.100. The van der Waals surface area contributed by atoms with Gasteiger partial charge in [-0.15, -0.1) is 0 Å². The molecule has 0 heterocycles. The van der Waals surface area contributed by atoms with E-state index < -0.39 is 0 Å². The molecule has 104 valence electrons. The lowest BCUT2D eigenvalue weighted by atomic mass is 10.3. The molecule has 0 radical (unpaired) electrons. The molecule has 2 amide bonds. The zero-order valence-corrected chi connectivity index (χ0v) is 10.9. The van der Waals surface area contributed by atoms with Crippen LogP contribution in [-0.2, 0) is 0 Å². The zero-order chi connectivity index (χ0) is 14.2. The van der Waals surface area contributed by atoms with Crippen molar-refractivity contribution >= 4 is 11.7 Å². The minimum atomic E-state index is -0.386. The van der Waals surface area contributed by atoms with E-state index in [1.54, 1.807) is 18.2 Å². The highest BCUT2D eigenvalue weighted by atomic mass is 16.5. The van der Waals surface area contributed by atoms with Gasteiger partial charge >= 0.3 is 6.03 Å². The lowest BCUT2D eigenvalue weighted by Crippen LogP contribution is -2.31. The van der Waals surface area contributed by atoms with Crippen LogP contribution in [0.2, 0.25) is 0 Å². The van der Waals surface area contributed by atoms with E-state index in [1.807, 2.05) is 36.4 Å². The molecular weight excluding hydrogens is 256 g/mol. The van der Waals surface area contributed by atoms with Gasteiger partial charge in [0.2, 0.25) is 0 Å². The molecule has 0 fully saturated rings. The van der Waals surface area contributed by atoms with E-state index >= 15 is 0 Å². The van der Waals surface area contributed by atoms with Gasteiger partial charge in [0.1, 0.15) is 5.75 Å². The molecule has 2 rings (SSSR count). The Labute approximate surface area is 117 Å². The Hall–Kier alpha value is -2.53. The number of ether oxygens (including phenoxy) is 1. The van der Waals surface area contributed by atoms with E-state index in [0.29, 0.717) is 17.2 Å². The van der Waals surface area contributed by atoms with E-state index in [2.05, 4.69) is 10.6 Å². The number of urea groups is 1. The van der Waals surface area contributed by atoms with Crippen LogP contribution in [0.4, 0.5) is 10.5 Å². The minimum absolute atomic E-state index is 0.102. The van der Waals surface area contributed by atoms with Gasteiger partial charge in [0.05, 0.1) is 12.3 Å². The first-order chi connectivity index (χ1) is 9.79. The molecule has 0 saturated carbocycles. The van der Waals surface area contributed by atoms with Gasteiger partial charge < -0.3 is 20.5 Å². The number of benzene rings is 2. The van der Waals surface area contributed by atoms with Gasteiger partial charge in [-0.1, -0.05) is 30.3 Å². The summed E-state index contributed by atoms with van der Waals surface area (Å²) in [4.78, 5) is 11.6. The smallest absolute Gasteiger partial charge is 0.319 e. The molecule has 0 atom stereocenters. The van der Waals surface area contributed by atoms with E-state index in [9.17, 15) is 4.79 Å². The average Bonchev–Trinajstić information content (AvgIpc) is 2.48. The molecule has 5 nitrogen and oxygen atoms in total. The van der Waals surface area contributed by atoms with Crippen molar-refractivity contribution in [3.8, 4) is 11.5 Å². The SMILES string of the molecule is O=C(NCCO)Nc1ccccc1Oc1ccccc1. The van der Waals surface area contributed by atoms with Crippen LogP contribution in [-0.4, -0.2) is 24.3 Å². The maximum atomic E-state index is 11.6. The van der Waals surface area contributed by atoms with Crippen LogP contribution in [0.1, 0.15) is 0 Å². The summed E-state index contributed by atoms with van der Waals surface area (Å²) in [6, 6.07) is 16.1. The number of carbonyl (C=O) groups is 1. The number of hydrogen-bond donors (Lipinski definition) is 3. The summed E-state index contributed by atoms with van der Waals surface area (Å²) in [6.07, 6.45) is 0. The average molecular weight is 272 g/mol. The topological polar surface area (TPSA) is 70.6 Å². The molecule has 2 aromatic rings. The number of amides is 2. The van der Waals surface area contributed by atoms with Crippen molar-refractivity contribution in [1.82, 2.24) is 5.32 Å². The number of anilines is 1. The number of nitrogens with one attached hydrogen (secondary N) is 2. The summed E-state index contributed by atoms with van der Waals surface area (Å²) < 4.78 is 5.72. The Bertz CT molecular complexity index is 558. The fourth-order valence-electron chi connectivity index (χ4n) is 1.61. The molecule has 0 aliphatic heterocycles. The van der Waals surface area contributed by atoms with Crippen molar-refractivity contribution in [3.63, 3.8) is 0 Å². The number of aliphatic hydroxyl groups is 1. The molecule has 3 N–H and O–H groups in total. The lowest BCUT2D eigenvalue weighted by molar-refractivity contribution is 0.244. The van der Waals surface area contributed by atoms with E-state index in [-0.39, 0.29) is 19.2 Å². The summed E-state index contributed by atoms with van der Waals surface area (Å²) in [5.41, 5.74) is 0.562. The highest BCUT2D eigenvalue weighted by molar-refractivity contribution is 5.90. The van der Waals surface area contributed by atoms with Gasteiger partial charge in [0.15, 0.2) is 5.75 Å². The number of para-hydroxylation sites is 3. The highest BCUT2D eigenvalue weighted by Gasteiger charge is 2.07. The lowest BCUT2D eigenvalue weighted by Gasteiger charge is -2.12. The summed E-state index contributed by atoms with van der Waals surface area (Å²) in [7, 11) is 0. The Morgan fingerprint density at radius 3 is 2.50 bits per heavy atom. The van der Waals surface area contributed by atoms with Gasteiger partial charge in [-0.2, -0.15) is 0 Å². The molecule has 0 aliphatic rings. The zero-order valence-electron chi connectivity index (χ0n) is 10.9. The van der Waals surface area contributed by atoms with Crippen LogP contribution in [0.5, 0.6) is 11.5 Å². The molecule has 0 unspecified atom stereocenters. The van der Waals surface area contributed by atoms with Gasteiger partial charge in [0, 0.05) is 6.54 Å². The summed E-state index contributed by atoms with van der Waals surface area (Å²) in [5.74, 6) is 1.25. The van der Waals surface area contributed by atoms with Gasteiger partial charge in [-0.25, -0.2) is 4.79 Å². The molecule has 5 heteroatoms. The molecule has 0 aliphatic carbocycles. The summed E-state index contributed by atoms with van der Waals surface area (Å²) in [5, 5.41) is 13.9. The largest absolute Gasteiger partial charge is 0.455 e. The van der Waals surface area contributed by atoms with Gasteiger partial charge in [-0.05, 0) is 24.3 Å². The Balaban J connectivity index is 2.08. The first-order valence-corrected chi connectivity index (χ1v) is 6.27. The molecule has 2 aromatic carbocycles. The Morgan fingerprint density at radius 2 is 1.75 bits per heavy atom. The van der Waals surface area contributed by atoms with Crippen LogP contribution in [0.3, 0.4) is 0 Å². The second kappa shape index (κ2) is 7.16. The number of rotatable bonds is 5. The Kier molecular flexibility index (Phi) is 4.97. The molecule has 0 spiro atoms. The Morgan fingerprint density at radius 1 is 1.05 bits per heavy atom. The standard InChI is InChI=1S/C15H16N2O3/c18-11-10-16-15(19)17-13-8-4-5-9-14(13)20-12-6-2-1-3-7-12/h1-9,18H,10-11H2,(H2,16,17,19). The second-order valence-corrected chi connectivity index (χ2v) is 4.02. The number of aliphatic hydroxyl groups excluding tert-OH is 1. The molecule has 0 bridgehead atoms. The molecule has 0 aromatic heterocycles. The van der Waals surface area contributed by atoms with Crippen LogP contribution in [0.25, 0.3) is 0 Å². The molecule has 20 heavy (non-hydrogen) atoms. The van der Waals surface area contributed by atoms with E-state index in [0.717, 1.165) is 0 Å². The van der Waals surface area contributed by atoms with E-state index in [4.69, 9.17) is 9.84 Å². The second-order valence-electron chi connectivity index (χ2n) is 4.02. The quantitative estimate of drug-likeness (QED) is 0.783. The van der Waals surface area contributed by atoms with Crippen LogP contribution < -0.4 is 15.4 Å². The molecular formula is C15H16N2O3. The maximum Gasteiger partial charge on any atom is 0.319 e. The number of hydrogen-bond acceptors (Lipinski definition) is 3. The van der Waals surface area contributed by atoms with Crippen molar-refractivity contribution in [3.05, 3.63) is 54.6 Å². The highest BCUT2D eigenvalue weighted by Crippen LogP contribution is 2.28. The third-order valence-corrected chi connectivity index (χ3v) is 2.50. The molecule has 0 saturated heterocycles. The number of carbonyl (C=O) groups excluding carboxylic acids is 1. The van der Waals surface area contributed by atoms with Crippen molar-refractivity contribution in [2.75, 3.05) is 18.5 Å². The third kappa shape index (κ3) is 4.00. The fourth-order valence-corrected chi connectivity index (χ4v) is 1.61. The van der Waals surface area contributed by atoms with Crippen molar-refractivity contribution in [1.29, 1.82) is 0 Å². The first kappa shape index (κ1) is 13.9. The van der Waals surface area contributed by atoms with Crippen LogP contribution in [0, 0.1) is 0 Å². The first-order valence-electron chi connectivity index (χ1n) is 6.27. The predicted molar refractivity (Wildman–Crippen MR) is 77.1 cm³/mol. The van der Waals surface area contributed by atoms with Crippen molar-refractivity contribution in [2.45, 2.75) is 0 Å². The van der Waals surface area contributed by atoms with Crippen LogP contribution in [0.15, 0.2) is 54.6 Å². The summed E-state index contributed by atoms with van der Waals surface area (Å²) >= 11 is 0. The van der Waals surface area contributed by atoms with Crippen molar-refractivity contribution < 1.29 is 14.6 Å². The minimum Gasteiger partial charge on any atom is -0.455 e. The van der Waals surface area contributed by atoms with Crippen molar-refractivity contribution in [2.24, 2.45) is 0 Å². The van der Waals surface area contributed by atoms with Crippen LogP contribution >= 0.6 is 0 Å². The monoisotopic (exact) mass is 272 g/mol. The van der Waals surface area contributed by atoms with Gasteiger partial charge in [-0.3, -0.25) is 0 Å². The third-order valence-electron chi connectivity index (χ3n) is 2.50. The normalized spacial score (nSPS) is 9.85. The van der Waals surface area contributed by atoms with E-state index in [1.165, 1.54) is 0 Å². The maximum absolute atomic E-state index is 11.6. The fraction of sp³-hybridized carbons (Fsp3) is 0.133.